The van der Waals surface area contributed by atoms with E-state index in [4.69, 9.17) is 10.6 Å². The molecule has 0 aliphatic carbocycles. The van der Waals surface area contributed by atoms with E-state index >= 15 is 0 Å². The van der Waals surface area contributed by atoms with Gasteiger partial charge in [-0.2, -0.15) is 13.2 Å². The number of hydrazine groups is 1. The Hall–Kier alpha value is -1.02. The summed E-state index contributed by atoms with van der Waals surface area (Å²) in [5.41, 5.74) is 2.38. The molecule has 0 unspecified atom stereocenters. The van der Waals surface area contributed by atoms with Crippen LogP contribution < -0.4 is 16.6 Å². The number of guanidine groups is 1. The zero-order valence-electron chi connectivity index (χ0n) is 11.2. The number of unbranched alkanes of at least 4 members (excludes halogenated alkanes) is 1. The van der Waals surface area contributed by atoms with Gasteiger partial charge in [-0.1, -0.05) is 0 Å². The molecule has 0 aromatic heterocycles. The molecule has 0 heterocycles. The second-order valence-electron chi connectivity index (χ2n) is 3.92. The number of hydrogen-bond acceptors (Lipinski definition) is 3. The molecule has 0 aliphatic rings. The van der Waals surface area contributed by atoms with Crippen molar-refractivity contribution in [1.82, 2.24) is 10.7 Å². The molecule has 0 aromatic rings. The molecular weight excluding hydrogens is 261 g/mol. The normalized spacial score (nSPS) is 12.6. The van der Waals surface area contributed by atoms with Crippen molar-refractivity contribution in [3.8, 4) is 0 Å². The van der Waals surface area contributed by atoms with E-state index in [1.807, 2.05) is 6.92 Å². The summed E-state index contributed by atoms with van der Waals surface area (Å²) >= 11 is 0. The Labute approximate surface area is 111 Å². The van der Waals surface area contributed by atoms with Crippen LogP contribution in [0.15, 0.2) is 4.99 Å². The third-order valence-electron chi connectivity index (χ3n) is 2.24. The first-order valence-corrected chi connectivity index (χ1v) is 6.39. The summed E-state index contributed by atoms with van der Waals surface area (Å²) in [6, 6.07) is 0. The van der Waals surface area contributed by atoms with Crippen LogP contribution >= 0.6 is 0 Å². The first kappa shape index (κ1) is 18.0. The van der Waals surface area contributed by atoms with E-state index in [-0.39, 0.29) is 6.42 Å². The summed E-state index contributed by atoms with van der Waals surface area (Å²) in [5, 5.41) is 2.85. The van der Waals surface area contributed by atoms with E-state index in [2.05, 4.69) is 15.7 Å². The summed E-state index contributed by atoms with van der Waals surface area (Å²) in [4.78, 5) is 4.13. The van der Waals surface area contributed by atoms with E-state index < -0.39 is 12.6 Å². The third kappa shape index (κ3) is 13.2. The molecule has 0 saturated heterocycles. The minimum atomic E-state index is -4.08. The zero-order chi connectivity index (χ0) is 14.6. The molecule has 0 amide bonds. The van der Waals surface area contributed by atoms with Gasteiger partial charge in [-0.15, -0.1) is 0 Å². The number of aliphatic imine (C=N–C) groups is 1. The van der Waals surface area contributed by atoms with Crippen molar-refractivity contribution in [2.24, 2.45) is 10.8 Å². The summed E-state index contributed by atoms with van der Waals surface area (Å²) in [7, 11) is 0. The quantitative estimate of drug-likeness (QED) is 0.197. The summed E-state index contributed by atoms with van der Waals surface area (Å²) in [6.45, 7) is 4.17. The van der Waals surface area contributed by atoms with Crippen molar-refractivity contribution in [2.45, 2.75) is 38.8 Å². The van der Waals surface area contributed by atoms with Crippen LogP contribution in [-0.2, 0) is 4.74 Å². The van der Waals surface area contributed by atoms with Crippen LogP contribution in [0.25, 0.3) is 0 Å². The summed E-state index contributed by atoms with van der Waals surface area (Å²) < 4.78 is 40.8. The molecule has 19 heavy (non-hydrogen) atoms. The molecule has 114 valence electrons. The largest absolute Gasteiger partial charge is 0.389 e. The molecule has 0 aromatic carbocycles. The number of nitrogens with two attached hydrogens (primary N) is 1. The molecular formula is C11H23F3N4O. The van der Waals surface area contributed by atoms with Crippen LogP contribution in [0.4, 0.5) is 13.2 Å². The topological polar surface area (TPSA) is 71.7 Å². The fourth-order valence-corrected chi connectivity index (χ4v) is 1.31. The smallest absolute Gasteiger partial charge is 0.382 e. The van der Waals surface area contributed by atoms with E-state index in [0.717, 1.165) is 6.42 Å². The van der Waals surface area contributed by atoms with Crippen LogP contribution in [0.1, 0.15) is 32.6 Å². The number of rotatable bonds is 9. The van der Waals surface area contributed by atoms with Gasteiger partial charge in [0.05, 0.1) is 0 Å². The van der Waals surface area contributed by atoms with E-state index in [0.29, 0.717) is 38.7 Å². The average Bonchev–Trinajstić information content (AvgIpc) is 2.34. The Bertz CT molecular complexity index is 247. The highest BCUT2D eigenvalue weighted by atomic mass is 19.4. The minimum Gasteiger partial charge on any atom is -0.382 e. The second-order valence-corrected chi connectivity index (χ2v) is 3.92. The van der Waals surface area contributed by atoms with Gasteiger partial charge >= 0.3 is 6.18 Å². The molecule has 8 heteroatoms. The summed E-state index contributed by atoms with van der Waals surface area (Å²) in [6.07, 6.45) is -3.56. The zero-order valence-corrected chi connectivity index (χ0v) is 11.2. The fourth-order valence-electron chi connectivity index (χ4n) is 1.31. The Morgan fingerprint density at radius 3 is 2.58 bits per heavy atom. The van der Waals surface area contributed by atoms with Gasteiger partial charge in [0.2, 0.25) is 5.96 Å². The Morgan fingerprint density at radius 2 is 2.00 bits per heavy atom. The van der Waals surface area contributed by atoms with Crippen molar-refractivity contribution in [2.75, 3.05) is 26.3 Å². The molecule has 0 radical (unpaired) electrons. The molecule has 0 rings (SSSR count). The maximum Gasteiger partial charge on any atom is 0.389 e. The average molecular weight is 284 g/mol. The molecule has 0 atom stereocenters. The fraction of sp³-hybridized carbons (Fsp3) is 0.909. The second kappa shape index (κ2) is 10.9. The van der Waals surface area contributed by atoms with Gasteiger partial charge in [-0.05, 0) is 26.2 Å². The van der Waals surface area contributed by atoms with Crippen molar-refractivity contribution < 1.29 is 17.9 Å². The molecule has 0 bridgehead atoms. The standard InChI is InChI=1S/C11H23F3N4O/c1-2-19-9-5-8-17-10(18-15)16-7-4-3-6-11(12,13)14/h2-9,15H2,1H3,(H2,16,17,18). The predicted molar refractivity (Wildman–Crippen MR) is 68.6 cm³/mol. The van der Waals surface area contributed by atoms with Gasteiger partial charge in [0.15, 0.2) is 0 Å². The lowest BCUT2D eigenvalue weighted by atomic mass is 10.2. The SMILES string of the molecule is CCOCCCN=C(NN)NCCCCC(F)(F)F. The molecule has 0 saturated carbocycles. The highest BCUT2D eigenvalue weighted by Gasteiger charge is 2.25. The van der Waals surface area contributed by atoms with E-state index in [1.54, 1.807) is 0 Å². The number of halogens is 3. The molecule has 0 spiro atoms. The predicted octanol–water partition coefficient (Wildman–Crippen LogP) is 1.55. The molecule has 4 N–H and O–H groups in total. The lowest BCUT2D eigenvalue weighted by Crippen LogP contribution is -2.42. The Morgan fingerprint density at radius 1 is 1.26 bits per heavy atom. The van der Waals surface area contributed by atoms with Gasteiger partial charge in [-0.3, -0.25) is 10.4 Å². The van der Waals surface area contributed by atoms with Crippen LogP contribution in [0.2, 0.25) is 0 Å². The monoisotopic (exact) mass is 284 g/mol. The molecule has 0 aliphatic heterocycles. The molecule has 0 fully saturated rings. The maximum absolute atomic E-state index is 11.9. The molecule has 5 nitrogen and oxygen atoms in total. The van der Waals surface area contributed by atoms with Crippen molar-refractivity contribution in [3.63, 3.8) is 0 Å². The third-order valence-corrected chi connectivity index (χ3v) is 2.24. The van der Waals surface area contributed by atoms with E-state index in [1.165, 1.54) is 0 Å². The number of nitrogens with zero attached hydrogens (tertiary/aromatic N) is 1. The Kier molecular flexibility index (Phi) is 10.3. The van der Waals surface area contributed by atoms with Crippen LogP contribution in [0.3, 0.4) is 0 Å². The Balaban J connectivity index is 3.61. The number of nitrogens with one attached hydrogen (secondary N) is 2. The van der Waals surface area contributed by atoms with Crippen molar-refractivity contribution in [1.29, 1.82) is 0 Å². The first-order valence-electron chi connectivity index (χ1n) is 6.39. The minimum absolute atomic E-state index is 0.0959. The lowest BCUT2D eigenvalue weighted by molar-refractivity contribution is -0.135. The highest BCUT2D eigenvalue weighted by molar-refractivity contribution is 5.79. The number of alkyl halides is 3. The number of hydrogen-bond donors (Lipinski definition) is 3. The lowest BCUT2D eigenvalue weighted by Gasteiger charge is -2.10. The number of ether oxygens (including phenoxy) is 1. The van der Waals surface area contributed by atoms with Crippen molar-refractivity contribution >= 4 is 5.96 Å². The van der Waals surface area contributed by atoms with Crippen LogP contribution in [-0.4, -0.2) is 38.4 Å². The van der Waals surface area contributed by atoms with Gasteiger partial charge in [0, 0.05) is 32.7 Å². The first-order chi connectivity index (χ1) is 8.99. The van der Waals surface area contributed by atoms with Gasteiger partial charge < -0.3 is 10.1 Å². The van der Waals surface area contributed by atoms with Gasteiger partial charge in [-0.25, -0.2) is 5.84 Å². The van der Waals surface area contributed by atoms with Crippen LogP contribution in [0.5, 0.6) is 0 Å². The van der Waals surface area contributed by atoms with Gasteiger partial charge in [0.1, 0.15) is 0 Å². The van der Waals surface area contributed by atoms with E-state index in [9.17, 15) is 13.2 Å². The maximum atomic E-state index is 11.9. The van der Waals surface area contributed by atoms with Crippen LogP contribution in [0, 0.1) is 0 Å². The highest BCUT2D eigenvalue weighted by Crippen LogP contribution is 2.21. The van der Waals surface area contributed by atoms with Crippen molar-refractivity contribution in [3.05, 3.63) is 0 Å². The summed E-state index contributed by atoms with van der Waals surface area (Å²) in [5.74, 6) is 5.64. The van der Waals surface area contributed by atoms with Gasteiger partial charge in [0.25, 0.3) is 0 Å².